The molecule has 1 saturated heterocycles. The van der Waals surface area contributed by atoms with E-state index < -0.39 is 23.8 Å². The molecule has 0 aromatic heterocycles. The Labute approximate surface area is 118 Å². The van der Waals surface area contributed by atoms with E-state index in [2.05, 4.69) is 0 Å². The number of hydrogen-bond donors (Lipinski definition) is 1. The maximum Gasteiger partial charge on any atom is 0.311 e. The summed E-state index contributed by atoms with van der Waals surface area (Å²) >= 11 is 0. The standard InChI is InChI=1S/C15H19NO4/c1-2-20-15(19)13-10-16(9-12(13)14(17)18)8-11-6-4-3-5-7-11/h3-7,12-13H,2,8-10H2,1H3,(H,17,18)/t12-,13+/m0/s1. The van der Waals surface area contributed by atoms with E-state index in [1.807, 2.05) is 35.2 Å². The molecule has 0 bridgehead atoms. The maximum atomic E-state index is 11.8. The number of ether oxygens (including phenoxy) is 1. The fourth-order valence-electron chi connectivity index (χ4n) is 2.59. The fraction of sp³-hybridized carbons (Fsp3) is 0.467. The Kier molecular flexibility index (Phi) is 4.74. The van der Waals surface area contributed by atoms with Gasteiger partial charge in [-0.1, -0.05) is 30.3 Å². The van der Waals surface area contributed by atoms with E-state index >= 15 is 0 Å². The van der Waals surface area contributed by atoms with Crippen LogP contribution in [0.2, 0.25) is 0 Å². The van der Waals surface area contributed by atoms with Crippen LogP contribution in [0.25, 0.3) is 0 Å². The molecule has 0 amide bonds. The monoisotopic (exact) mass is 277 g/mol. The average Bonchev–Trinajstić information content (AvgIpc) is 2.84. The molecule has 0 unspecified atom stereocenters. The zero-order valence-electron chi connectivity index (χ0n) is 11.5. The first-order valence-electron chi connectivity index (χ1n) is 6.77. The Morgan fingerprint density at radius 2 is 1.90 bits per heavy atom. The van der Waals surface area contributed by atoms with Gasteiger partial charge in [0.1, 0.15) is 0 Å². The van der Waals surface area contributed by atoms with Crippen molar-refractivity contribution in [1.82, 2.24) is 4.90 Å². The molecule has 1 aliphatic rings. The number of carbonyl (C=O) groups excluding carboxylic acids is 1. The van der Waals surface area contributed by atoms with Crippen LogP contribution < -0.4 is 0 Å². The average molecular weight is 277 g/mol. The van der Waals surface area contributed by atoms with Gasteiger partial charge in [-0.3, -0.25) is 14.5 Å². The largest absolute Gasteiger partial charge is 0.481 e. The van der Waals surface area contributed by atoms with Gasteiger partial charge in [-0.2, -0.15) is 0 Å². The van der Waals surface area contributed by atoms with E-state index in [1.54, 1.807) is 6.92 Å². The first-order valence-corrected chi connectivity index (χ1v) is 6.77. The van der Waals surface area contributed by atoms with E-state index in [0.717, 1.165) is 5.56 Å². The van der Waals surface area contributed by atoms with Crippen LogP contribution >= 0.6 is 0 Å². The number of aliphatic carboxylic acids is 1. The maximum absolute atomic E-state index is 11.8. The Morgan fingerprint density at radius 1 is 1.25 bits per heavy atom. The molecule has 0 aliphatic carbocycles. The lowest BCUT2D eigenvalue weighted by Crippen LogP contribution is -2.29. The zero-order valence-corrected chi connectivity index (χ0v) is 11.5. The molecule has 0 spiro atoms. The Bertz CT molecular complexity index is 474. The zero-order chi connectivity index (χ0) is 14.5. The van der Waals surface area contributed by atoms with E-state index in [-0.39, 0.29) is 6.61 Å². The smallest absolute Gasteiger partial charge is 0.311 e. The molecule has 2 atom stereocenters. The molecular weight excluding hydrogens is 258 g/mol. The van der Waals surface area contributed by atoms with Crippen LogP contribution in [0.5, 0.6) is 0 Å². The second kappa shape index (κ2) is 6.52. The van der Waals surface area contributed by atoms with Gasteiger partial charge in [0, 0.05) is 19.6 Å². The summed E-state index contributed by atoms with van der Waals surface area (Å²) < 4.78 is 4.98. The Hall–Kier alpha value is -1.88. The third-order valence-electron chi connectivity index (χ3n) is 3.55. The van der Waals surface area contributed by atoms with Crippen molar-refractivity contribution in [2.45, 2.75) is 13.5 Å². The summed E-state index contributed by atoms with van der Waals surface area (Å²) in [5.41, 5.74) is 1.11. The highest BCUT2D eigenvalue weighted by Crippen LogP contribution is 2.26. The minimum Gasteiger partial charge on any atom is -0.481 e. The van der Waals surface area contributed by atoms with Gasteiger partial charge in [-0.05, 0) is 12.5 Å². The van der Waals surface area contributed by atoms with Crippen molar-refractivity contribution in [1.29, 1.82) is 0 Å². The molecule has 108 valence electrons. The summed E-state index contributed by atoms with van der Waals surface area (Å²) in [5.74, 6) is -2.59. The molecule has 1 heterocycles. The number of carboxylic acid groups (broad SMARTS) is 1. The van der Waals surface area contributed by atoms with Crippen LogP contribution in [-0.2, 0) is 20.9 Å². The summed E-state index contributed by atoms with van der Waals surface area (Å²) in [4.78, 5) is 25.1. The van der Waals surface area contributed by atoms with E-state index in [1.165, 1.54) is 0 Å². The van der Waals surface area contributed by atoms with Crippen LogP contribution in [0.1, 0.15) is 12.5 Å². The first kappa shape index (κ1) is 14.5. The molecule has 5 nitrogen and oxygen atoms in total. The number of carboxylic acids is 1. The first-order chi connectivity index (χ1) is 9.61. The highest BCUT2D eigenvalue weighted by atomic mass is 16.5. The fourth-order valence-corrected chi connectivity index (χ4v) is 2.59. The molecule has 1 fully saturated rings. The normalized spacial score (nSPS) is 22.6. The van der Waals surface area contributed by atoms with Gasteiger partial charge < -0.3 is 9.84 Å². The van der Waals surface area contributed by atoms with Crippen LogP contribution in [0.4, 0.5) is 0 Å². The minimum atomic E-state index is -0.932. The van der Waals surface area contributed by atoms with Crippen LogP contribution in [-0.4, -0.2) is 41.6 Å². The lowest BCUT2D eigenvalue weighted by atomic mass is 9.96. The van der Waals surface area contributed by atoms with Gasteiger partial charge in [-0.15, -0.1) is 0 Å². The topological polar surface area (TPSA) is 66.8 Å². The number of likely N-dealkylation sites (tertiary alicyclic amines) is 1. The summed E-state index contributed by atoms with van der Waals surface area (Å²) in [6, 6.07) is 9.82. The van der Waals surface area contributed by atoms with Crippen LogP contribution in [0.15, 0.2) is 30.3 Å². The molecule has 1 aliphatic heterocycles. The molecular formula is C15H19NO4. The van der Waals surface area contributed by atoms with Gasteiger partial charge in [-0.25, -0.2) is 0 Å². The molecule has 1 aromatic carbocycles. The van der Waals surface area contributed by atoms with Gasteiger partial charge >= 0.3 is 11.9 Å². The quantitative estimate of drug-likeness (QED) is 0.824. The van der Waals surface area contributed by atoms with Gasteiger partial charge in [0.05, 0.1) is 18.4 Å². The highest BCUT2D eigenvalue weighted by Gasteiger charge is 2.42. The van der Waals surface area contributed by atoms with E-state index in [0.29, 0.717) is 19.6 Å². The number of esters is 1. The second-order valence-corrected chi connectivity index (χ2v) is 4.98. The van der Waals surface area contributed by atoms with Crippen molar-refractivity contribution in [3.05, 3.63) is 35.9 Å². The molecule has 0 radical (unpaired) electrons. The SMILES string of the molecule is CCOC(=O)[C@@H]1CN(Cc2ccccc2)C[C@@H]1C(=O)O. The molecule has 2 rings (SSSR count). The number of carbonyl (C=O) groups is 2. The number of nitrogens with zero attached hydrogens (tertiary/aromatic N) is 1. The van der Waals surface area contributed by atoms with Gasteiger partial charge in [0.25, 0.3) is 0 Å². The minimum absolute atomic E-state index is 0.278. The van der Waals surface area contributed by atoms with Crippen molar-refractivity contribution in [3.63, 3.8) is 0 Å². The van der Waals surface area contributed by atoms with Crippen LogP contribution in [0.3, 0.4) is 0 Å². The highest BCUT2D eigenvalue weighted by molar-refractivity contribution is 5.82. The van der Waals surface area contributed by atoms with Crippen molar-refractivity contribution < 1.29 is 19.4 Å². The Morgan fingerprint density at radius 3 is 2.50 bits per heavy atom. The lowest BCUT2D eigenvalue weighted by Gasteiger charge is -2.15. The summed E-state index contributed by atoms with van der Waals surface area (Å²) in [7, 11) is 0. The van der Waals surface area contributed by atoms with Crippen molar-refractivity contribution in [2.75, 3.05) is 19.7 Å². The predicted octanol–water partition coefficient (Wildman–Crippen LogP) is 1.38. The summed E-state index contributed by atoms with van der Waals surface area (Å²) in [5, 5.41) is 9.25. The molecule has 1 N–H and O–H groups in total. The lowest BCUT2D eigenvalue weighted by molar-refractivity contribution is -0.155. The third-order valence-corrected chi connectivity index (χ3v) is 3.55. The predicted molar refractivity (Wildman–Crippen MR) is 73.0 cm³/mol. The molecule has 1 aromatic rings. The number of benzene rings is 1. The summed E-state index contributed by atoms with van der Waals surface area (Å²) in [6.07, 6.45) is 0. The second-order valence-electron chi connectivity index (χ2n) is 4.98. The molecule has 20 heavy (non-hydrogen) atoms. The summed E-state index contributed by atoms with van der Waals surface area (Å²) in [6.45, 7) is 3.48. The Balaban J connectivity index is 2.04. The molecule has 0 saturated carbocycles. The third kappa shape index (κ3) is 3.36. The van der Waals surface area contributed by atoms with Crippen molar-refractivity contribution in [2.24, 2.45) is 11.8 Å². The number of rotatable bonds is 5. The number of hydrogen-bond acceptors (Lipinski definition) is 4. The van der Waals surface area contributed by atoms with Crippen molar-refractivity contribution >= 4 is 11.9 Å². The van der Waals surface area contributed by atoms with Gasteiger partial charge in [0.2, 0.25) is 0 Å². The van der Waals surface area contributed by atoms with Gasteiger partial charge in [0.15, 0.2) is 0 Å². The van der Waals surface area contributed by atoms with Crippen molar-refractivity contribution in [3.8, 4) is 0 Å². The van der Waals surface area contributed by atoms with E-state index in [4.69, 9.17) is 4.74 Å². The molecule has 5 heteroatoms. The van der Waals surface area contributed by atoms with Crippen LogP contribution in [0, 0.1) is 11.8 Å². The van der Waals surface area contributed by atoms with E-state index in [9.17, 15) is 14.7 Å².